The summed E-state index contributed by atoms with van der Waals surface area (Å²) in [5.41, 5.74) is 0.815. The summed E-state index contributed by atoms with van der Waals surface area (Å²) < 4.78 is 13.1. The molecule has 1 aromatic rings. The van der Waals surface area contributed by atoms with Crippen molar-refractivity contribution in [1.82, 2.24) is 4.90 Å². The lowest BCUT2D eigenvalue weighted by molar-refractivity contribution is 0.0320. The number of likely N-dealkylation sites (tertiary alicyclic amines) is 1. The minimum atomic E-state index is -0.255. The Bertz CT molecular complexity index is 399. The van der Waals surface area contributed by atoms with Gasteiger partial charge in [-0.2, -0.15) is 0 Å². The molecule has 1 saturated heterocycles. The van der Waals surface area contributed by atoms with Crippen LogP contribution < -0.4 is 0 Å². The van der Waals surface area contributed by atoms with Crippen molar-refractivity contribution >= 4 is 11.6 Å². The monoisotopic (exact) mass is 257 g/mol. The molecule has 1 fully saturated rings. The van der Waals surface area contributed by atoms with Crippen molar-refractivity contribution in [2.24, 2.45) is 5.92 Å². The van der Waals surface area contributed by atoms with Crippen LogP contribution >= 0.6 is 11.6 Å². The maximum atomic E-state index is 13.1. The third kappa shape index (κ3) is 3.18. The number of benzene rings is 1. The normalized spacial score (nSPS) is 26.1. The Balaban J connectivity index is 2.03. The van der Waals surface area contributed by atoms with Gasteiger partial charge in [0.15, 0.2) is 0 Å². The van der Waals surface area contributed by atoms with E-state index in [0.29, 0.717) is 11.6 Å². The molecule has 1 N–H and O–H groups in total. The maximum absolute atomic E-state index is 13.1. The Morgan fingerprint density at radius 3 is 3.00 bits per heavy atom. The zero-order valence-electron chi connectivity index (χ0n) is 9.87. The molecule has 1 aliphatic rings. The van der Waals surface area contributed by atoms with Crippen LogP contribution in [0.4, 0.5) is 4.39 Å². The molecule has 2 atom stereocenters. The first-order chi connectivity index (χ1) is 8.06. The van der Waals surface area contributed by atoms with Crippen molar-refractivity contribution in [3.05, 3.63) is 34.6 Å². The van der Waals surface area contributed by atoms with Crippen molar-refractivity contribution in [2.75, 3.05) is 13.1 Å². The Hall–Kier alpha value is -0.640. The number of hydrogen-bond acceptors (Lipinski definition) is 2. The van der Waals surface area contributed by atoms with Gasteiger partial charge in [-0.1, -0.05) is 18.5 Å². The van der Waals surface area contributed by atoms with E-state index in [1.165, 1.54) is 12.1 Å². The van der Waals surface area contributed by atoms with Gasteiger partial charge in [0.05, 0.1) is 6.10 Å². The van der Waals surface area contributed by atoms with Crippen LogP contribution in [0.2, 0.25) is 5.02 Å². The van der Waals surface area contributed by atoms with Gasteiger partial charge in [-0.25, -0.2) is 4.39 Å². The fourth-order valence-electron chi connectivity index (χ4n) is 2.27. The molecule has 0 bridgehead atoms. The van der Waals surface area contributed by atoms with Gasteiger partial charge in [0.25, 0.3) is 0 Å². The molecule has 2 rings (SSSR count). The summed E-state index contributed by atoms with van der Waals surface area (Å²) in [6.45, 7) is 4.34. The van der Waals surface area contributed by atoms with Crippen molar-refractivity contribution < 1.29 is 9.50 Å². The summed E-state index contributed by atoms with van der Waals surface area (Å²) in [5, 5.41) is 10.2. The molecule has 17 heavy (non-hydrogen) atoms. The Morgan fingerprint density at radius 2 is 2.29 bits per heavy atom. The summed E-state index contributed by atoms with van der Waals surface area (Å²) in [6.07, 6.45) is 0.558. The van der Waals surface area contributed by atoms with Gasteiger partial charge in [-0.05, 0) is 36.1 Å². The van der Waals surface area contributed by atoms with Crippen LogP contribution in [-0.2, 0) is 6.54 Å². The van der Waals surface area contributed by atoms with Crippen molar-refractivity contribution in [2.45, 2.75) is 26.0 Å². The summed E-state index contributed by atoms with van der Waals surface area (Å²) in [6, 6.07) is 4.45. The average Bonchev–Trinajstić information content (AvgIpc) is 2.29. The number of halogens is 2. The first kappa shape index (κ1) is 12.8. The van der Waals surface area contributed by atoms with Gasteiger partial charge in [0, 0.05) is 24.7 Å². The number of rotatable bonds is 2. The maximum Gasteiger partial charge on any atom is 0.123 e. The molecule has 4 heteroatoms. The molecule has 0 spiro atoms. The molecule has 0 amide bonds. The minimum Gasteiger partial charge on any atom is -0.393 e. The Kier molecular flexibility index (Phi) is 4.02. The second kappa shape index (κ2) is 5.34. The van der Waals surface area contributed by atoms with Crippen molar-refractivity contribution in [3.8, 4) is 0 Å². The molecule has 2 unspecified atom stereocenters. The highest BCUT2D eigenvalue weighted by molar-refractivity contribution is 6.31. The molecule has 0 radical (unpaired) electrons. The van der Waals surface area contributed by atoms with E-state index in [1.807, 2.05) is 6.92 Å². The third-order valence-corrected chi connectivity index (χ3v) is 3.71. The molecule has 0 aromatic heterocycles. The molecule has 94 valence electrons. The van der Waals surface area contributed by atoms with E-state index in [0.717, 1.165) is 25.1 Å². The molecule has 1 aliphatic heterocycles. The molecule has 0 aliphatic carbocycles. The zero-order chi connectivity index (χ0) is 12.4. The first-order valence-electron chi connectivity index (χ1n) is 5.90. The van der Waals surface area contributed by atoms with E-state index < -0.39 is 0 Å². The number of nitrogens with zero attached hydrogens (tertiary/aromatic N) is 1. The second-order valence-electron chi connectivity index (χ2n) is 4.80. The van der Waals surface area contributed by atoms with E-state index >= 15 is 0 Å². The van der Waals surface area contributed by atoms with Crippen LogP contribution in [0.1, 0.15) is 18.9 Å². The molecular weight excluding hydrogens is 241 g/mol. The SMILES string of the molecule is CC1CN(Cc2cc(F)ccc2Cl)CCC1O. The van der Waals surface area contributed by atoms with Crippen LogP contribution in [-0.4, -0.2) is 29.2 Å². The smallest absolute Gasteiger partial charge is 0.123 e. The predicted octanol–water partition coefficient (Wildman–Crippen LogP) is 2.68. The molecule has 1 heterocycles. The van der Waals surface area contributed by atoms with Crippen LogP contribution in [0.3, 0.4) is 0 Å². The summed E-state index contributed by atoms with van der Waals surface area (Å²) in [7, 11) is 0. The first-order valence-corrected chi connectivity index (χ1v) is 6.28. The lowest BCUT2D eigenvalue weighted by Crippen LogP contribution is -2.41. The van der Waals surface area contributed by atoms with Gasteiger partial charge in [-0.3, -0.25) is 4.90 Å². The summed E-state index contributed by atoms with van der Waals surface area (Å²) in [5.74, 6) is 0.00516. The number of aliphatic hydroxyl groups is 1. The van der Waals surface area contributed by atoms with E-state index in [9.17, 15) is 9.50 Å². The van der Waals surface area contributed by atoms with Gasteiger partial charge in [0.2, 0.25) is 0 Å². The number of piperidine rings is 1. The molecule has 1 aromatic carbocycles. The van der Waals surface area contributed by atoms with Crippen molar-refractivity contribution in [1.29, 1.82) is 0 Å². The third-order valence-electron chi connectivity index (χ3n) is 3.35. The van der Waals surface area contributed by atoms with E-state index in [2.05, 4.69) is 4.90 Å². The lowest BCUT2D eigenvalue weighted by Gasteiger charge is -2.34. The topological polar surface area (TPSA) is 23.5 Å². The zero-order valence-corrected chi connectivity index (χ0v) is 10.6. The highest BCUT2D eigenvalue weighted by atomic mass is 35.5. The largest absolute Gasteiger partial charge is 0.393 e. The fraction of sp³-hybridized carbons (Fsp3) is 0.538. The van der Waals surface area contributed by atoms with E-state index in [-0.39, 0.29) is 17.8 Å². The predicted molar refractivity (Wildman–Crippen MR) is 66.5 cm³/mol. The van der Waals surface area contributed by atoms with Gasteiger partial charge in [-0.15, -0.1) is 0 Å². The Labute approximate surface area is 106 Å². The highest BCUT2D eigenvalue weighted by Gasteiger charge is 2.24. The second-order valence-corrected chi connectivity index (χ2v) is 5.21. The van der Waals surface area contributed by atoms with E-state index in [4.69, 9.17) is 11.6 Å². The minimum absolute atomic E-state index is 0.214. The Morgan fingerprint density at radius 1 is 1.53 bits per heavy atom. The summed E-state index contributed by atoms with van der Waals surface area (Å²) in [4.78, 5) is 2.21. The van der Waals surface area contributed by atoms with Crippen LogP contribution in [0.25, 0.3) is 0 Å². The van der Waals surface area contributed by atoms with Crippen molar-refractivity contribution in [3.63, 3.8) is 0 Å². The van der Waals surface area contributed by atoms with Crippen LogP contribution in [0.15, 0.2) is 18.2 Å². The molecular formula is C13H17ClFNO. The number of aliphatic hydroxyl groups excluding tert-OH is 1. The lowest BCUT2D eigenvalue weighted by atomic mass is 9.96. The van der Waals surface area contributed by atoms with E-state index in [1.54, 1.807) is 6.07 Å². The average molecular weight is 258 g/mol. The molecule has 2 nitrogen and oxygen atoms in total. The van der Waals surface area contributed by atoms with Crippen LogP contribution in [0, 0.1) is 11.7 Å². The molecule has 0 saturated carbocycles. The summed E-state index contributed by atoms with van der Waals surface area (Å²) >= 11 is 6.04. The van der Waals surface area contributed by atoms with Gasteiger partial charge in [0.1, 0.15) is 5.82 Å². The fourth-order valence-corrected chi connectivity index (χ4v) is 2.45. The van der Waals surface area contributed by atoms with Gasteiger partial charge < -0.3 is 5.11 Å². The van der Waals surface area contributed by atoms with Gasteiger partial charge >= 0.3 is 0 Å². The number of hydrogen-bond donors (Lipinski definition) is 1. The highest BCUT2D eigenvalue weighted by Crippen LogP contribution is 2.22. The van der Waals surface area contributed by atoms with Crippen LogP contribution in [0.5, 0.6) is 0 Å². The standard InChI is InChI=1S/C13H17ClFNO/c1-9-7-16(5-4-13(9)17)8-10-6-11(15)2-3-12(10)14/h2-3,6,9,13,17H,4-5,7-8H2,1H3. The quantitative estimate of drug-likeness (QED) is 0.881.